The van der Waals surface area contributed by atoms with Crippen molar-refractivity contribution in [1.29, 1.82) is 0 Å². The molecule has 3 heterocycles. The van der Waals surface area contributed by atoms with E-state index in [0.29, 0.717) is 12.4 Å². The first-order valence-corrected chi connectivity index (χ1v) is 7.66. The van der Waals surface area contributed by atoms with E-state index in [-0.39, 0.29) is 18.2 Å². The predicted octanol–water partition coefficient (Wildman–Crippen LogP) is 1.03. The van der Waals surface area contributed by atoms with Gasteiger partial charge in [0, 0.05) is 24.4 Å². The number of carboxylic acids is 2. The number of carboxylic acid groups (broad SMARTS) is 2. The monoisotopic (exact) mass is 334 g/mol. The van der Waals surface area contributed by atoms with Gasteiger partial charge in [0.15, 0.2) is 5.69 Å². The Kier molecular flexibility index (Phi) is 4.61. The molecule has 9 nitrogen and oxygen atoms in total. The quantitative estimate of drug-likeness (QED) is 0.803. The predicted molar refractivity (Wildman–Crippen MR) is 80.6 cm³/mol. The summed E-state index contributed by atoms with van der Waals surface area (Å²) in [6.07, 6.45) is 4.66. The Morgan fingerprint density at radius 2 is 2.21 bits per heavy atom. The number of aliphatic carboxylic acids is 1. The molecule has 0 amide bonds. The summed E-state index contributed by atoms with van der Waals surface area (Å²) in [6, 6.07) is 1.85. The summed E-state index contributed by atoms with van der Waals surface area (Å²) in [5.74, 6) is -1.49. The Morgan fingerprint density at radius 1 is 1.38 bits per heavy atom. The molecule has 24 heavy (non-hydrogen) atoms. The molecule has 1 saturated heterocycles. The van der Waals surface area contributed by atoms with Crippen LogP contribution in [0.3, 0.4) is 0 Å². The molecular weight excluding hydrogens is 316 g/mol. The minimum atomic E-state index is -1.11. The zero-order valence-electron chi connectivity index (χ0n) is 13.0. The molecule has 0 bridgehead atoms. The van der Waals surface area contributed by atoms with E-state index >= 15 is 0 Å². The highest BCUT2D eigenvalue weighted by Crippen LogP contribution is 2.27. The van der Waals surface area contributed by atoms with Crippen LogP contribution in [0.25, 0.3) is 0 Å². The number of aromatic nitrogens is 3. The molecule has 0 saturated carbocycles. The molecule has 1 atom stereocenters. The molecule has 3 rings (SSSR count). The molecule has 0 aliphatic carbocycles. The molecule has 2 N–H and O–H groups in total. The summed E-state index contributed by atoms with van der Waals surface area (Å²) in [5.41, 5.74) is 0.804. The van der Waals surface area contributed by atoms with Gasteiger partial charge in [-0.2, -0.15) is 5.10 Å². The van der Waals surface area contributed by atoms with E-state index in [4.69, 9.17) is 14.6 Å². The lowest BCUT2D eigenvalue weighted by Gasteiger charge is -2.32. The lowest BCUT2D eigenvalue weighted by atomic mass is 9.94. The van der Waals surface area contributed by atoms with E-state index < -0.39 is 11.9 Å². The average molecular weight is 334 g/mol. The van der Waals surface area contributed by atoms with E-state index in [9.17, 15) is 9.59 Å². The number of hydrogen-bond acceptors (Lipinski definition) is 6. The Labute approximate surface area is 137 Å². The first-order chi connectivity index (χ1) is 11.5. The summed E-state index contributed by atoms with van der Waals surface area (Å²) in [7, 11) is 0. The Bertz CT molecular complexity index is 738. The van der Waals surface area contributed by atoms with Crippen LogP contribution in [0.5, 0.6) is 0 Å². The highest BCUT2D eigenvalue weighted by molar-refractivity contribution is 5.84. The third-order valence-electron chi connectivity index (χ3n) is 4.09. The van der Waals surface area contributed by atoms with Crippen LogP contribution in [0, 0.1) is 0 Å². The number of hydrogen-bond donors (Lipinski definition) is 2. The van der Waals surface area contributed by atoms with Gasteiger partial charge in [-0.3, -0.25) is 14.4 Å². The summed E-state index contributed by atoms with van der Waals surface area (Å²) >= 11 is 0. The molecule has 9 heteroatoms. The zero-order valence-corrected chi connectivity index (χ0v) is 13.0. The number of piperidine rings is 1. The van der Waals surface area contributed by atoms with E-state index in [1.54, 1.807) is 6.20 Å². The van der Waals surface area contributed by atoms with Crippen molar-refractivity contribution in [2.24, 2.45) is 0 Å². The maximum atomic E-state index is 10.9. The summed E-state index contributed by atoms with van der Waals surface area (Å²) < 4.78 is 6.72. The van der Waals surface area contributed by atoms with Crippen molar-refractivity contribution in [3.05, 3.63) is 35.8 Å². The molecule has 1 fully saturated rings. The van der Waals surface area contributed by atoms with Crippen molar-refractivity contribution in [3.8, 4) is 0 Å². The van der Waals surface area contributed by atoms with Crippen LogP contribution in [0.4, 0.5) is 0 Å². The van der Waals surface area contributed by atoms with Gasteiger partial charge in [0.25, 0.3) is 0 Å². The largest absolute Gasteiger partial charge is 0.480 e. The maximum Gasteiger partial charge on any atom is 0.357 e. The molecule has 1 aliphatic rings. The SMILES string of the molecule is O=C(O)Cn1nccc1[C@H]1CCCN(Cc2nc(C(=O)O)co2)C1. The number of carbonyl (C=O) groups is 2. The highest BCUT2D eigenvalue weighted by Gasteiger charge is 2.25. The van der Waals surface area contributed by atoms with Gasteiger partial charge < -0.3 is 14.6 Å². The van der Waals surface area contributed by atoms with E-state index in [2.05, 4.69) is 15.0 Å². The average Bonchev–Trinajstić information content (AvgIpc) is 3.16. The minimum absolute atomic E-state index is 0.0990. The van der Waals surface area contributed by atoms with Crippen LogP contribution in [-0.2, 0) is 17.9 Å². The van der Waals surface area contributed by atoms with E-state index in [1.807, 2.05) is 6.07 Å². The van der Waals surface area contributed by atoms with Crippen molar-refractivity contribution in [3.63, 3.8) is 0 Å². The second-order valence-electron chi connectivity index (χ2n) is 5.81. The fourth-order valence-corrected chi connectivity index (χ4v) is 3.06. The fourth-order valence-electron chi connectivity index (χ4n) is 3.06. The van der Waals surface area contributed by atoms with Crippen LogP contribution in [0.1, 0.15) is 40.8 Å². The van der Waals surface area contributed by atoms with Gasteiger partial charge in [-0.1, -0.05) is 0 Å². The van der Waals surface area contributed by atoms with Crippen molar-refractivity contribution >= 4 is 11.9 Å². The first-order valence-electron chi connectivity index (χ1n) is 7.66. The normalized spacial score (nSPS) is 18.6. The third-order valence-corrected chi connectivity index (χ3v) is 4.09. The number of rotatable bonds is 6. The Morgan fingerprint density at radius 3 is 2.92 bits per heavy atom. The van der Waals surface area contributed by atoms with Gasteiger partial charge in [0.1, 0.15) is 12.8 Å². The van der Waals surface area contributed by atoms with Crippen LogP contribution >= 0.6 is 0 Å². The Balaban J connectivity index is 1.67. The van der Waals surface area contributed by atoms with Crippen molar-refractivity contribution in [2.45, 2.75) is 31.8 Å². The highest BCUT2D eigenvalue weighted by atomic mass is 16.4. The maximum absolute atomic E-state index is 10.9. The van der Waals surface area contributed by atoms with Gasteiger partial charge in [-0.25, -0.2) is 9.78 Å². The molecule has 0 aromatic carbocycles. The summed E-state index contributed by atoms with van der Waals surface area (Å²) in [4.78, 5) is 27.8. The van der Waals surface area contributed by atoms with Gasteiger partial charge in [-0.15, -0.1) is 0 Å². The standard InChI is InChI=1S/C15H18N4O5/c20-14(21)8-19-12(3-4-16-19)10-2-1-5-18(6-10)7-13-17-11(9-24-13)15(22)23/h3-4,9-10H,1-2,5-8H2,(H,20,21)(H,22,23)/t10-/m0/s1. The van der Waals surface area contributed by atoms with Crippen LogP contribution in [0.2, 0.25) is 0 Å². The minimum Gasteiger partial charge on any atom is -0.480 e. The van der Waals surface area contributed by atoms with Crippen molar-refractivity contribution < 1.29 is 24.2 Å². The van der Waals surface area contributed by atoms with Crippen LogP contribution in [-0.4, -0.2) is 54.9 Å². The molecule has 0 spiro atoms. The molecule has 2 aromatic rings. The molecular formula is C15H18N4O5. The van der Waals surface area contributed by atoms with E-state index in [1.165, 1.54) is 4.68 Å². The summed E-state index contributed by atoms with van der Waals surface area (Å²) in [6.45, 7) is 1.85. The van der Waals surface area contributed by atoms with Crippen LogP contribution < -0.4 is 0 Å². The number of likely N-dealkylation sites (tertiary alicyclic amines) is 1. The van der Waals surface area contributed by atoms with Gasteiger partial charge in [-0.05, 0) is 25.5 Å². The molecule has 0 radical (unpaired) electrons. The van der Waals surface area contributed by atoms with Crippen molar-refractivity contribution in [2.75, 3.05) is 13.1 Å². The number of aromatic carboxylic acids is 1. The molecule has 0 unspecified atom stereocenters. The van der Waals surface area contributed by atoms with Gasteiger partial charge >= 0.3 is 11.9 Å². The van der Waals surface area contributed by atoms with Gasteiger partial charge in [0.05, 0.1) is 6.54 Å². The number of nitrogens with zero attached hydrogens (tertiary/aromatic N) is 4. The molecule has 1 aliphatic heterocycles. The molecule has 128 valence electrons. The number of oxazole rings is 1. The first kappa shape index (κ1) is 16.2. The second-order valence-corrected chi connectivity index (χ2v) is 5.81. The smallest absolute Gasteiger partial charge is 0.357 e. The zero-order chi connectivity index (χ0) is 17.1. The van der Waals surface area contributed by atoms with E-state index in [0.717, 1.165) is 37.9 Å². The topological polar surface area (TPSA) is 122 Å². The Hall–Kier alpha value is -2.68. The van der Waals surface area contributed by atoms with Crippen LogP contribution in [0.15, 0.2) is 22.9 Å². The summed E-state index contributed by atoms with van der Waals surface area (Å²) in [5, 5.41) is 21.9. The molecule has 2 aromatic heterocycles. The van der Waals surface area contributed by atoms with Gasteiger partial charge in [0.2, 0.25) is 5.89 Å². The lowest BCUT2D eigenvalue weighted by Crippen LogP contribution is -2.35. The second kappa shape index (κ2) is 6.83. The fraction of sp³-hybridized carbons (Fsp3) is 0.467. The third kappa shape index (κ3) is 3.62. The lowest BCUT2D eigenvalue weighted by molar-refractivity contribution is -0.137. The van der Waals surface area contributed by atoms with Crippen molar-refractivity contribution in [1.82, 2.24) is 19.7 Å².